The average molecular weight is 976 g/mol. The molecule has 0 bridgehead atoms. The first-order chi connectivity index (χ1) is 33.9. The van der Waals surface area contributed by atoms with Gasteiger partial charge in [-0.15, -0.1) is 0 Å². The fraction of sp³-hybridized carbons (Fsp3) is 0.952. The molecule has 0 saturated heterocycles. The van der Waals surface area contributed by atoms with Crippen molar-refractivity contribution in [1.82, 2.24) is 0 Å². The Hall–Kier alpha value is -1.59. The van der Waals surface area contributed by atoms with E-state index in [-0.39, 0.29) is 31.1 Å². The fourth-order valence-electron chi connectivity index (χ4n) is 9.78. The summed E-state index contributed by atoms with van der Waals surface area (Å²) in [7, 11) is 0. The molecule has 410 valence electrons. The van der Waals surface area contributed by atoms with E-state index in [0.29, 0.717) is 19.3 Å². The molecule has 0 aromatic rings. The van der Waals surface area contributed by atoms with Crippen molar-refractivity contribution >= 4 is 17.9 Å². The quantitative estimate of drug-likeness (QED) is 0.0343. The van der Waals surface area contributed by atoms with E-state index >= 15 is 0 Å². The molecule has 0 aliphatic rings. The summed E-state index contributed by atoms with van der Waals surface area (Å²) in [5.74, 6) is 0.0392. The molecule has 0 saturated carbocycles. The van der Waals surface area contributed by atoms with Gasteiger partial charge in [0.2, 0.25) is 0 Å². The van der Waals surface area contributed by atoms with Gasteiger partial charge >= 0.3 is 17.9 Å². The van der Waals surface area contributed by atoms with Crippen LogP contribution in [0.5, 0.6) is 0 Å². The number of unbranched alkanes of at least 4 members (excludes halogenated alkanes) is 44. The first kappa shape index (κ1) is 67.4. The van der Waals surface area contributed by atoms with E-state index in [1.807, 2.05) is 0 Å². The van der Waals surface area contributed by atoms with Crippen molar-refractivity contribution in [3.8, 4) is 0 Å². The molecule has 0 aliphatic carbocycles. The number of hydrogen-bond acceptors (Lipinski definition) is 6. The molecule has 0 aromatic carbocycles. The minimum Gasteiger partial charge on any atom is -0.462 e. The molecular formula is C63H122O6. The van der Waals surface area contributed by atoms with Gasteiger partial charge in [0, 0.05) is 19.3 Å². The molecule has 0 heterocycles. The van der Waals surface area contributed by atoms with E-state index in [4.69, 9.17) is 14.2 Å². The maximum Gasteiger partial charge on any atom is 0.306 e. The minimum absolute atomic E-state index is 0.0616. The van der Waals surface area contributed by atoms with Crippen molar-refractivity contribution in [2.75, 3.05) is 13.2 Å². The van der Waals surface area contributed by atoms with Crippen molar-refractivity contribution in [3.63, 3.8) is 0 Å². The fourth-order valence-corrected chi connectivity index (χ4v) is 9.78. The Morgan fingerprint density at radius 2 is 0.507 bits per heavy atom. The number of carbonyl (C=O) groups excluding carboxylic acids is 3. The summed E-state index contributed by atoms with van der Waals surface area (Å²) < 4.78 is 16.9. The van der Waals surface area contributed by atoms with Gasteiger partial charge in [-0.25, -0.2) is 0 Å². The predicted molar refractivity (Wildman–Crippen MR) is 298 cm³/mol. The lowest BCUT2D eigenvalue weighted by atomic mass is 9.99. The highest BCUT2D eigenvalue weighted by Crippen LogP contribution is 2.19. The Labute approximate surface area is 431 Å². The molecule has 0 spiro atoms. The molecule has 1 unspecified atom stereocenters. The maximum atomic E-state index is 12.9. The first-order valence-electron chi connectivity index (χ1n) is 31.4. The zero-order valence-electron chi connectivity index (χ0n) is 47.3. The zero-order chi connectivity index (χ0) is 50.2. The second-order valence-corrected chi connectivity index (χ2v) is 21.9. The Morgan fingerprint density at radius 3 is 0.754 bits per heavy atom. The summed E-state index contributed by atoms with van der Waals surface area (Å²) in [6.07, 6.45) is 63.8. The summed E-state index contributed by atoms with van der Waals surface area (Å²) in [6.45, 7) is 9.10. The lowest BCUT2D eigenvalue weighted by Gasteiger charge is -2.18. The van der Waals surface area contributed by atoms with E-state index in [2.05, 4.69) is 27.7 Å². The molecule has 0 radical (unpaired) electrons. The van der Waals surface area contributed by atoms with Crippen LogP contribution in [0.1, 0.15) is 362 Å². The molecule has 0 N–H and O–H groups in total. The van der Waals surface area contributed by atoms with Gasteiger partial charge in [-0.05, 0) is 25.2 Å². The van der Waals surface area contributed by atoms with E-state index in [1.54, 1.807) is 0 Å². The standard InChI is InChI=1S/C63H122O6/c1-5-8-10-12-14-16-18-20-22-24-26-28-30-32-34-40-44-48-52-56-63(66)69-60(58-68-62(65)55-51-47-43-39-36-35-37-41-45-49-53-59(4)7-3)57-67-61(64)54-50-46-42-38-33-31-29-27-25-23-21-19-17-15-13-11-9-6-2/h59-60H,5-58H2,1-4H3/t59?,60-/m0/s1. The van der Waals surface area contributed by atoms with E-state index < -0.39 is 6.10 Å². The topological polar surface area (TPSA) is 78.9 Å². The SMILES string of the molecule is CCCCCCCCCCCCCCCCCCCCCC(=O)O[C@@H](COC(=O)CCCCCCCCCCCCCCCCCCCC)COC(=O)CCCCCCCCCCCCC(C)CC. The van der Waals surface area contributed by atoms with Crippen LogP contribution in [0.25, 0.3) is 0 Å². The van der Waals surface area contributed by atoms with Crippen molar-refractivity contribution in [2.45, 2.75) is 368 Å². The highest BCUT2D eigenvalue weighted by atomic mass is 16.6. The normalized spacial score (nSPS) is 12.3. The maximum absolute atomic E-state index is 12.9. The third-order valence-corrected chi connectivity index (χ3v) is 14.9. The van der Waals surface area contributed by atoms with E-state index in [1.165, 1.54) is 257 Å². The number of rotatable bonds is 58. The number of ether oxygens (including phenoxy) is 3. The largest absolute Gasteiger partial charge is 0.462 e. The Balaban J connectivity index is 4.28. The Kier molecular flexibility index (Phi) is 56.0. The smallest absolute Gasteiger partial charge is 0.306 e. The molecule has 0 aromatic heterocycles. The average Bonchev–Trinajstić information content (AvgIpc) is 3.35. The molecule has 0 amide bonds. The minimum atomic E-state index is -0.763. The van der Waals surface area contributed by atoms with E-state index in [9.17, 15) is 14.4 Å². The zero-order valence-corrected chi connectivity index (χ0v) is 47.3. The third kappa shape index (κ3) is 55.6. The van der Waals surface area contributed by atoms with Gasteiger partial charge in [0.25, 0.3) is 0 Å². The summed E-state index contributed by atoms with van der Waals surface area (Å²) >= 11 is 0. The second-order valence-electron chi connectivity index (χ2n) is 21.9. The van der Waals surface area contributed by atoms with Gasteiger partial charge in [0.15, 0.2) is 6.10 Å². The summed E-state index contributed by atoms with van der Waals surface area (Å²) in [4.78, 5) is 38.3. The Bertz CT molecular complexity index is 1040. The van der Waals surface area contributed by atoms with Crippen LogP contribution in [0.2, 0.25) is 0 Å². The molecule has 69 heavy (non-hydrogen) atoms. The van der Waals surface area contributed by atoms with Gasteiger partial charge in [-0.1, -0.05) is 323 Å². The lowest BCUT2D eigenvalue weighted by Crippen LogP contribution is -2.30. The molecule has 6 nitrogen and oxygen atoms in total. The number of esters is 3. The van der Waals surface area contributed by atoms with Crippen LogP contribution in [-0.4, -0.2) is 37.2 Å². The van der Waals surface area contributed by atoms with E-state index in [0.717, 1.165) is 63.7 Å². The van der Waals surface area contributed by atoms with Gasteiger partial charge in [0.05, 0.1) is 0 Å². The van der Waals surface area contributed by atoms with Gasteiger partial charge < -0.3 is 14.2 Å². The van der Waals surface area contributed by atoms with Crippen molar-refractivity contribution in [2.24, 2.45) is 5.92 Å². The monoisotopic (exact) mass is 975 g/mol. The molecule has 0 fully saturated rings. The predicted octanol–water partition coefficient (Wildman–Crippen LogP) is 21.0. The van der Waals surface area contributed by atoms with Crippen LogP contribution >= 0.6 is 0 Å². The van der Waals surface area contributed by atoms with Crippen LogP contribution in [-0.2, 0) is 28.6 Å². The Morgan fingerprint density at radius 1 is 0.290 bits per heavy atom. The van der Waals surface area contributed by atoms with Gasteiger partial charge in [-0.3, -0.25) is 14.4 Å². The van der Waals surface area contributed by atoms with Crippen LogP contribution in [0.3, 0.4) is 0 Å². The lowest BCUT2D eigenvalue weighted by molar-refractivity contribution is -0.167. The van der Waals surface area contributed by atoms with Crippen LogP contribution in [0.4, 0.5) is 0 Å². The van der Waals surface area contributed by atoms with Gasteiger partial charge in [-0.2, -0.15) is 0 Å². The number of carbonyl (C=O) groups is 3. The molecule has 0 aliphatic heterocycles. The van der Waals surface area contributed by atoms with Crippen LogP contribution < -0.4 is 0 Å². The summed E-state index contributed by atoms with van der Waals surface area (Å²) in [5.41, 5.74) is 0. The van der Waals surface area contributed by atoms with Crippen LogP contribution in [0, 0.1) is 5.92 Å². The van der Waals surface area contributed by atoms with Crippen molar-refractivity contribution in [1.29, 1.82) is 0 Å². The number of hydrogen-bond donors (Lipinski definition) is 0. The van der Waals surface area contributed by atoms with Crippen molar-refractivity contribution < 1.29 is 28.6 Å². The molecular weight excluding hydrogens is 853 g/mol. The molecule has 0 rings (SSSR count). The second kappa shape index (κ2) is 57.3. The highest BCUT2D eigenvalue weighted by molar-refractivity contribution is 5.71. The van der Waals surface area contributed by atoms with Gasteiger partial charge in [0.1, 0.15) is 13.2 Å². The van der Waals surface area contributed by atoms with Crippen LogP contribution in [0.15, 0.2) is 0 Å². The first-order valence-corrected chi connectivity index (χ1v) is 31.4. The molecule has 6 heteroatoms. The summed E-state index contributed by atoms with van der Waals surface area (Å²) in [5, 5.41) is 0. The summed E-state index contributed by atoms with van der Waals surface area (Å²) in [6, 6.07) is 0. The third-order valence-electron chi connectivity index (χ3n) is 14.9. The highest BCUT2D eigenvalue weighted by Gasteiger charge is 2.19. The molecule has 2 atom stereocenters. The van der Waals surface area contributed by atoms with Crippen molar-refractivity contribution in [3.05, 3.63) is 0 Å².